The number of nitrogens with zero attached hydrogens (tertiary/aromatic N) is 2. The van der Waals surface area contributed by atoms with Gasteiger partial charge in [0.05, 0.1) is 25.3 Å². The summed E-state index contributed by atoms with van der Waals surface area (Å²) >= 11 is 1.56. The number of hydrogen-bond donors (Lipinski definition) is 3. The van der Waals surface area contributed by atoms with Gasteiger partial charge in [-0.1, -0.05) is 30.3 Å². The molecule has 1 aromatic heterocycles. The summed E-state index contributed by atoms with van der Waals surface area (Å²) in [6, 6.07) is 12.6. The Labute approximate surface area is 190 Å². The Hall–Kier alpha value is -1.93. The summed E-state index contributed by atoms with van der Waals surface area (Å²) in [6.07, 6.45) is 0.574. The van der Waals surface area contributed by atoms with Crippen LogP contribution in [0.3, 0.4) is 0 Å². The molecule has 7 heteroatoms. The fourth-order valence-corrected chi connectivity index (χ4v) is 4.65. The number of thiophene rings is 1. The van der Waals surface area contributed by atoms with Crippen molar-refractivity contribution in [2.45, 2.75) is 58.6 Å². The molecule has 0 radical (unpaired) electrons. The first kappa shape index (κ1) is 23.7. The molecule has 3 rings (SSSR count). The van der Waals surface area contributed by atoms with Crippen LogP contribution in [0.5, 0.6) is 0 Å². The SMILES string of the molecule is CCNC(=NCc1ccc(CN2CC(C)OC(C)C2)cc1)NCC(C)(O)c1cccs1. The summed E-state index contributed by atoms with van der Waals surface area (Å²) in [5.74, 6) is 0.708. The number of hydrogen-bond acceptors (Lipinski definition) is 5. The molecule has 0 bridgehead atoms. The molecule has 31 heavy (non-hydrogen) atoms. The Morgan fingerprint density at radius 2 is 1.84 bits per heavy atom. The number of ether oxygens (including phenoxy) is 1. The van der Waals surface area contributed by atoms with Crippen molar-refractivity contribution in [1.82, 2.24) is 15.5 Å². The molecule has 6 nitrogen and oxygen atoms in total. The van der Waals surface area contributed by atoms with Crippen LogP contribution in [0.15, 0.2) is 46.8 Å². The fourth-order valence-electron chi connectivity index (χ4n) is 3.86. The lowest BCUT2D eigenvalue weighted by atomic mass is 10.1. The van der Waals surface area contributed by atoms with E-state index in [0.717, 1.165) is 36.6 Å². The molecule has 1 aliphatic rings. The van der Waals surface area contributed by atoms with Gasteiger partial charge in [0.25, 0.3) is 0 Å². The van der Waals surface area contributed by atoms with E-state index in [-0.39, 0.29) is 12.2 Å². The zero-order valence-corrected chi connectivity index (χ0v) is 19.9. The second-order valence-electron chi connectivity index (χ2n) is 8.57. The predicted octanol–water partition coefficient (Wildman–Crippen LogP) is 3.32. The summed E-state index contributed by atoms with van der Waals surface area (Å²) in [6.45, 7) is 12.8. The van der Waals surface area contributed by atoms with Gasteiger partial charge < -0.3 is 20.5 Å². The highest BCUT2D eigenvalue weighted by Crippen LogP contribution is 2.24. The van der Waals surface area contributed by atoms with Crippen LogP contribution >= 0.6 is 11.3 Å². The van der Waals surface area contributed by atoms with E-state index in [9.17, 15) is 5.11 Å². The van der Waals surface area contributed by atoms with Crippen molar-refractivity contribution in [3.05, 3.63) is 57.8 Å². The standard InChI is InChI=1S/C24H36N4O2S/c1-5-25-23(27-17-24(4,29)22-7-6-12-31-22)26-13-20-8-10-21(11-9-20)16-28-14-18(2)30-19(3)15-28/h6-12,18-19,29H,5,13-17H2,1-4H3,(H2,25,26,27). The number of rotatable bonds is 8. The highest BCUT2D eigenvalue weighted by Gasteiger charge is 2.24. The lowest BCUT2D eigenvalue weighted by molar-refractivity contribution is -0.0704. The van der Waals surface area contributed by atoms with Crippen molar-refractivity contribution in [2.75, 3.05) is 26.2 Å². The third-order valence-electron chi connectivity index (χ3n) is 5.34. The molecule has 0 amide bonds. The Bertz CT molecular complexity index is 811. The maximum absolute atomic E-state index is 10.7. The van der Waals surface area contributed by atoms with E-state index >= 15 is 0 Å². The zero-order chi connectivity index (χ0) is 22.3. The van der Waals surface area contributed by atoms with Crippen molar-refractivity contribution in [3.8, 4) is 0 Å². The van der Waals surface area contributed by atoms with Gasteiger partial charge >= 0.3 is 0 Å². The quantitative estimate of drug-likeness (QED) is 0.430. The number of morpholine rings is 1. The van der Waals surface area contributed by atoms with E-state index in [1.54, 1.807) is 11.3 Å². The Morgan fingerprint density at radius 3 is 2.45 bits per heavy atom. The van der Waals surface area contributed by atoms with Gasteiger partial charge in [0.15, 0.2) is 5.96 Å². The maximum atomic E-state index is 10.7. The molecule has 2 heterocycles. The van der Waals surface area contributed by atoms with Gasteiger partial charge in [0.1, 0.15) is 5.60 Å². The minimum absolute atomic E-state index is 0.287. The van der Waals surface area contributed by atoms with Gasteiger partial charge in [-0.2, -0.15) is 0 Å². The van der Waals surface area contributed by atoms with Crippen LogP contribution in [-0.2, 0) is 23.4 Å². The first-order chi connectivity index (χ1) is 14.9. The molecule has 1 aliphatic heterocycles. The molecule has 1 fully saturated rings. The monoisotopic (exact) mass is 444 g/mol. The zero-order valence-electron chi connectivity index (χ0n) is 19.1. The van der Waals surface area contributed by atoms with Gasteiger partial charge in [0.2, 0.25) is 0 Å². The van der Waals surface area contributed by atoms with Crippen LogP contribution < -0.4 is 10.6 Å². The smallest absolute Gasteiger partial charge is 0.191 e. The van der Waals surface area contributed by atoms with E-state index in [4.69, 9.17) is 9.73 Å². The van der Waals surface area contributed by atoms with Gasteiger partial charge in [0, 0.05) is 31.1 Å². The molecule has 3 unspecified atom stereocenters. The van der Waals surface area contributed by atoms with E-state index in [0.29, 0.717) is 19.0 Å². The Balaban J connectivity index is 1.54. The number of aliphatic hydroxyl groups is 1. The highest BCUT2D eigenvalue weighted by atomic mass is 32.1. The molecule has 3 atom stereocenters. The van der Waals surface area contributed by atoms with E-state index in [1.807, 2.05) is 31.4 Å². The van der Waals surface area contributed by atoms with Gasteiger partial charge in [-0.3, -0.25) is 4.90 Å². The molecule has 0 aliphatic carbocycles. The minimum Gasteiger partial charge on any atom is -0.383 e. The van der Waals surface area contributed by atoms with Crippen molar-refractivity contribution < 1.29 is 9.84 Å². The summed E-state index contributed by atoms with van der Waals surface area (Å²) in [4.78, 5) is 8.09. The van der Waals surface area contributed by atoms with Crippen molar-refractivity contribution in [2.24, 2.45) is 4.99 Å². The van der Waals surface area contributed by atoms with E-state index < -0.39 is 5.60 Å². The Morgan fingerprint density at radius 1 is 1.16 bits per heavy atom. The fraction of sp³-hybridized carbons (Fsp3) is 0.542. The predicted molar refractivity (Wildman–Crippen MR) is 128 cm³/mol. The molecular formula is C24H36N4O2S. The average Bonchev–Trinajstić information content (AvgIpc) is 3.26. The van der Waals surface area contributed by atoms with Crippen molar-refractivity contribution in [1.29, 1.82) is 0 Å². The lowest BCUT2D eigenvalue weighted by Gasteiger charge is -2.35. The number of aliphatic imine (C=N–C) groups is 1. The molecular weight excluding hydrogens is 408 g/mol. The summed E-state index contributed by atoms with van der Waals surface area (Å²) in [5.41, 5.74) is 1.54. The molecule has 170 valence electrons. The second-order valence-corrected chi connectivity index (χ2v) is 9.52. The molecule has 2 aromatic rings. The lowest BCUT2D eigenvalue weighted by Crippen LogP contribution is -2.44. The van der Waals surface area contributed by atoms with Crippen LogP contribution in [0.4, 0.5) is 0 Å². The van der Waals surface area contributed by atoms with Gasteiger partial charge in [-0.05, 0) is 50.3 Å². The average molecular weight is 445 g/mol. The van der Waals surface area contributed by atoms with Crippen molar-refractivity contribution in [3.63, 3.8) is 0 Å². The third-order valence-corrected chi connectivity index (χ3v) is 6.46. The summed E-state index contributed by atoms with van der Waals surface area (Å²) in [5, 5.41) is 19.2. The number of nitrogens with one attached hydrogen (secondary N) is 2. The largest absolute Gasteiger partial charge is 0.383 e. The van der Waals surface area contributed by atoms with Gasteiger partial charge in [-0.25, -0.2) is 4.99 Å². The Kier molecular flexibility index (Phi) is 8.49. The molecule has 0 spiro atoms. The minimum atomic E-state index is -0.930. The molecule has 0 saturated carbocycles. The van der Waals surface area contributed by atoms with E-state index in [1.165, 1.54) is 5.56 Å². The van der Waals surface area contributed by atoms with E-state index in [2.05, 4.69) is 53.6 Å². The van der Waals surface area contributed by atoms with Crippen LogP contribution in [-0.4, -0.2) is 54.4 Å². The van der Waals surface area contributed by atoms with Crippen molar-refractivity contribution >= 4 is 17.3 Å². The second kappa shape index (κ2) is 11.1. The molecule has 3 N–H and O–H groups in total. The number of benzene rings is 1. The molecule has 1 saturated heterocycles. The number of guanidine groups is 1. The topological polar surface area (TPSA) is 69.1 Å². The first-order valence-corrected chi connectivity index (χ1v) is 12.0. The maximum Gasteiger partial charge on any atom is 0.191 e. The van der Waals surface area contributed by atoms with Gasteiger partial charge in [-0.15, -0.1) is 11.3 Å². The van der Waals surface area contributed by atoms with Crippen LogP contribution in [0.25, 0.3) is 0 Å². The van der Waals surface area contributed by atoms with Crippen LogP contribution in [0.1, 0.15) is 43.7 Å². The van der Waals surface area contributed by atoms with Crippen LogP contribution in [0, 0.1) is 0 Å². The molecule has 1 aromatic carbocycles. The van der Waals surface area contributed by atoms with Crippen LogP contribution in [0.2, 0.25) is 0 Å². The highest BCUT2D eigenvalue weighted by molar-refractivity contribution is 7.10. The third kappa shape index (κ3) is 7.31. The summed E-state index contributed by atoms with van der Waals surface area (Å²) in [7, 11) is 0. The first-order valence-electron chi connectivity index (χ1n) is 11.1. The summed E-state index contributed by atoms with van der Waals surface area (Å²) < 4.78 is 5.83. The normalized spacial score (nSPS) is 22.2.